The average Bonchev–Trinajstić information content (AvgIpc) is 2.27. The van der Waals surface area contributed by atoms with Crippen LogP contribution in [0.5, 0.6) is 0 Å². The molecule has 0 aliphatic rings. The van der Waals surface area contributed by atoms with E-state index in [1.165, 1.54) is 6.07 Å². The van der Waals surface area contributed by atoms with Crippen LogP contribution in [0.15, 0.2) is 24.3 Å². The minimum Gasteiger partial charge on any atom is -0.382 e. The van der Waals surface area contributed by atoms with Crippen molar-refractivity contribution < 1.29 is 13.9 Å². The fourth-order valence-corrected chi connectivity index (χ4v) is 1.98. The van der Waals surface area contributed by atoms with E-state index in [1.807, 2.05) is 6.92 Å². The first-order chi connectivity index (χ1) is 7.69. The van der Waals surface area contributed by atoms with Gasteiger partial charge in [0.15, 0.2) is 0 Å². The van der Waals surface area contributed by atoms with Crippen molar-refractivity contribution in [1.82, 2.24) is 0 Å². The van der Waals surface area contributed by atoms with Crippen molar-refractivity contribution in [2.45, 2.75) is 19.1 Å². The van der Waals surface area contributed by atoms with E-state index in [0.717, 1.165) is 0 Å². The van der Waals surface area contributed by atoms with Gasteiger partial charge in [0.25, 0.3) is 0 Å². The highest BCUT2D eigenvalue weighted by atomic mass is 79.9. The largest absolute Gasteiger partial charge is 0.382 e. The van der Waals surface area contributed by atoms with Crippen LogP contribution in [0, 0.1) is 5.82 Å². The van der Waals surface area contributed by atoms with Crippen molar-refractivity contribution in [2.24, 2.45) is 0 Å². The maximum Gasteiger partial charge on any atom is 0.129 e. The van der Waals surface area contributed by atoms with Crippen LogP contribution in [0.2, 0.25) is 0 Å². The van der Waals surface area contributed by atoms with Crippen molar-refractivity contribution in [3.8, 4) is 0 Å². The third kappa shape index (κ3) is 3.85. The third-order valence-electron chi connectivity index (χ3n) is 2.19. The number of benzene rings is 1. The van der Waals surface area contributed by atoms with Gasteiger partial charge < -0.3 is 9.47 Å². The molecule has 0 heterocycles. The summed E-state index contributed by atoms with van der Waals surface area (Å²) in [5, 5.41) is 0.558. The lowest BCUT2D eigenvalue weighted by Crippen LogP contribution is -2.20. The number of rotatable bonds is 6. The van der Waals surface area contributed by atoms with Crippen molar-refractivity contribution in [1.29, 1.82) is 0 Å². The maximum atomic E-state index is 13.5. The van der Waals surface area contributed by atoms with Gasteiger partial charge in [-0.25, -0.2) is 4.39 Å². The van der Waals surface area contributed by atoms with Gasteiger partial charge in [0.2, 0.25) is 0 Å². The second-order valence-corrected chi connectivity index (χ2v) is 4.21. The molecule has 1 aromatic carbocycles. The van der Waals surface area contributed by atoms with Crippen molar-refractivity contribution in [3.63, 3.8) is 0 Å². The average molecular weight is 291 g/mol. The fraction of sp³-hybridized carbons (Fsp3) is 0.500. The predicted octanol–water partition coefficient (Wildman–Crippen LogP) is 3.31. The van der Waals surface area contributed by atoms with Gasteiger partial charge in [0.1, 0.15) is 5.82 Å². The van der Waals surface area contributed by atoms with Gasteiger partial charge in [-0.1, -0.05) is 34.1 Å². The zero-order valence-corrected chi connectivity index (χ0v) is 11.0. The summed E-state index contributed by atoms with van der Waals surface area (Å²) in [6.07, 6.45) is -0.349. The number of ether oxygens (including phenoxy) is 2. The second-order valence-electron chi connectivity index (χ2n) is 3.57. The standard InChI is InChI=1S/C12H16BrFO2/c1-9(8-15-2)16-12(7-13)10-5-3-4-6-11(10)14/h3-6,9,12H,7-8H2,1-2H3. The van der Waals surface area contributed by atoms with E-state index in [9.17, 15) is 4.39 Å². The van der Waals surface area contributed by atoms with Gasteiger partial charge in [-0.3, -0.25) is 0 Å². The van der Waals surface area contributed by atoms with Crippen LogP contribution < -0.4 is 0 Å². The van der Waals surface area contributed by atoms with Gasteiger partial charge >= 0.3 is 0 Å². The molecule has 1 aromatic rings. The summed E-state index contributed by atoms with van der Waals surface area (Å²) in [6.45, 7) is 2.40. The molecule has 0 aliphatic carbocycles. The highest BCUT2D eigenvalue weighted by molar-refractivity contribution is 9.09. The molecule has 1 rings (SSSR count). The van der Waals surface area contributed by atoms with Crippen LogP contribution >= 0.6 is 15.9 Å². The Kier molecular flexibility index (Phi) is 5.95. The molecule has 0 saturated carbocycles. The molecular formula is C12H16BrFO2. The Morgan fingerprint density at radius 1 is 1.38 bits per heavy atom. The summed E-state index contributed by atoms with van der Waals surface area (Å²) in [7, 11) is 1.62. The molecule has 2 nitrogen and oxygen atoms in total. The minimum absolute atomic E-state index is 0.0628. The summed E-state index contributed by atoms with van der Waals surface area (Å²) in [6, 6.07) is 6.65. The van der Waals surface area contributed by atoms with Crippen molar-refractivity contribution >= 4 is 15.9 Å². The first kappa shape index (κ1) is 13.6. The molecule has 0 N–H and O–H groups in total. The topological polar surface area (TPSA) is 18.5 Å². The Hall–Kier alpha value is -0.450. The van der Waals surface area contributed by atoms with E-state index in [-0.39, 0.29) is 18.0 Å². The summed E-state index contributed by atoms with van der Waals surface area (Å²) < 4.78 is 24.2. The van der Waals surface area contributed by atoms with Crippen LogP contribution in [0.25, 0.3) is 0 Å². The van der Waals surface area contributed by atoms with Crippen LogP contribution in [0.4, 0.5) is 4.39 Å². The molecule has 2 unspecified atom stereocenters. The SMILES string of the molecule is COCC(C)OC(CBr)c1ccccc1F. The van der Waals surface area contributed by atoms with Crippen LogP contribution in [0.3, 0.4) is 0 Å². The van der Waals surface area contributed by atoms with Crippen molar-refractivity contribution in [3.05, 3.63) is 35.6 Å². The lowest BCUT2D eigenvalue weighted by Gasteiger charge is -2.21. The predicted molar refractivity (Wildman–Crippen MR) is 65.4 cm³/mol. The molecule has 4 heteroatoms. The summed E-state index contributed by atoms with van der Waals surface area (Å²) in [5.41, 5.74) is 0.572. The Morgan fingerprint density at radius 3 is 2.62 bits per heavy atom. The molecule has 0 spiro atoms. The van der Waals surface area contributed by atoms with E-state index in [0.29, 0.717) is 17.5 Å². The minimum atomic E-state index is -0.286. The van der Waals surface area contributed by atoms with Crippen LogP contribution in [-0.4, -0.2) is 25.2 Å². The fourth-order valence-electron chi connectivity index (χ4n) is 1.48. The van der Waals surface area contributed by atoms with E-state index in [1.54, 1.807) is 25.3 Å². The number of hydrogen-bond donors (Lipinski definition) is 0. The quantitative estimate of drug-likeness (QED) is 0.749. The molecule has 0 saturated heterocycles. The normalized spacial score (nSPS) is 14.8. The first-order valence-corrected chi connectivity index (χ1v) is 6.26. The molecule has 0 aliphatic heterocycles. The van der Waals surface area contributed by atoms with E-state index in [2.05, 4.69) is 15.9 Å². The Labute approximate surface area is 104 Å². The highest BCUT2D eigenvalue weighted by Crippen LogP contribution is 2.23. The first-order valence-electron chi connectivity index (χ1n) is 5.13. The summed E-state index contributed by atoms with van der Waals surface area (Å²) >= 11 is 3.33. The molecule has 0 amide bonds. The van der Waals surface area contributed by atoms with E-state index >= 15 is 0 Å². The lowest BCUT2D eigenvalue weighted by molar-refractivity contribution is -0.0310. The molecule has 0 aromatic heterocycles. The number of halogens is 2. The maximum absolute atomic E-state index is 13.5. The van der Waals surface area contributed by atoms with Crippen LogP contribution in [0.1, 0.15) is 18.6 Å². The summed E-state index contributed by atoms with van der Waals surface area (Å²) in [5.74, 6) is -0.239. The van der Waals surface area contributed by atoms with Gasteiger partial charge in [0, 0.05) is 18.0 Å². The van der Waals surface area contributed by atoms with Gasteiger partial charge in [-0.15, -0.1) is 0 Å². The lowest BCUT2D eigenvalue weighted by atomic mass is 10.1. The Morgan fingerprint density at radius 2 is 2.06 bits per heavy atom. The molecule has 2 atom stereocenters. The Bertz CT molecular complexity index is 320. The van der Waals surface area contributed by atoms with Gasteiger partial charge in [-0.2, -0.15) is 0 Å². The van der Waals surface area contributed by atoms with E-state index < -0.39 is 0 Å². The third-order valence-corrected chi connectivity index (χ3v) is 2.78. The molecule has 90 valence electrons. The van der Waals surface area contributed by atoms with E-state index in [4.69, 9.17) is 9.47 Å². The molecule has 16 heavy (non-hydrogen) atoms. The van der Waals surface area contributed by atoms with Crippen LogP contribution in [-0.2, 0) is 9.47 Å². The molecule has 0 fully saturated rings. The second kappa shape index (κ2) is 6.99. The molecular weight excluding hydrogens is 275 g/mol. The number of alkyl halides is 1. The smallest absolute Gasteiger partial charge is 0.129 e. The van der Waals surface area contributed by atoms with Gasteiger partial charge in [0.05, 0.1) is 18.8 Å². The zero-order chi connectivity index (χ0) is 12.0. The monoisotopic (exact) mass is 290 g/mol. The molecule has 0 radical (unpaired) electrons. The number of hydrogen-bond acceptors (Lipinski definition) is 2. The number of methoxy groups -OCH3 is 1. The van der Waals surface area contributed by atoms with Gasteiger partial charge in [-0.05, 0) is 13.0 Å². The zero-order valence-electron chi connectivity index (χ0n) is 9.45. The Balaban J connectivity index is 2.71. The highest BCUT2D eigenvalue weighted by Gasteiger charge is 2.17. The van der Waals surface area contributed by atoms with Crippen molar-refractivity contribution in [2.75, 3.05) is 19.0 Å². The molecule has 0 bridgehead atoms. The summed E-state index contributed by atoms with van der Waals surface area (Å²) in [4.78, 5) is 0.